The third kappa shape index (κ3) is 2.12. The quantitative estimate of drug-likeness (QED) is 0.693. The zero-order chi connectivity index (χ0) is 24.3. The molecule has 0 aromatic heterocycles. The van der Waals surface area contributed by atoms with Gasteiger partial charge in [-0.25, -0.2) is 0 Å². The smallest absolute Gasteiger partial charge is 0.133 e. The van der Waals surface area contributed by atoms with Gasteiger partial charge in [-0.1, -0.05) is 13.8 Å². The van der Waals surface area contributed by atoms with E-state index in [4.69, 9.17) is 12.3 Å². The van der Waals surface area contributed by atoms with Crippen LogP contribution in [0.15, 0.2) is 0 Å². The fourth-order valence-electron chi connectivity index (χ4n) is 6.28. The number of carbonyl (C=O) groups excluding carboxylic acids is 2. The molecule has 0 aliphatic heterocycles. The molecule has 0 heterocycles. The van der Waals surface area contributed by atoms with Crippen molar-refractivity contribution in [3.8, 4) is 0 Å². The number of hydrogen-bond acceptors (Lipinski definition) is 2. The van der Waals surface area contributed by atoms with Gasteiger partial charge in [0.1, 0.15) is 11.6 Å². The van der Waals surface area contributed by atoms with Crippen LogP contribution in [0.3, 0.4) is 0 Å². The van der Waals surface area contributed by atoms with Gasteiger partial charge in [-0.3, -0.25) is 9.59 Å². The van der Waals surface area contributed by atoms with Crippen molar-refractivity contribution >= 4 is 11.6 Å². The van der Waals surface area contributed by atoms with Gasteiger partial charge in [0.2, 0.25) is 0 Å². The van der Waals surface area contributed by atoms with E-state index < -0.39 is 60.2 Å². The van der Waals surface area contributed by atoms with Crippen molar-refractivity contribution in [2.24, 2.45) is 40.4 Å². The van der Waals surface area contributed by atoms with Gasteiger partial charge in [-0.15, -0.1) is 0 Å². The third-order valence-corrected chi connectivity index (χ3v) is 7.59. The van der Waals surface area contributed by atoms with Crippen molar-refractivity contribution in [2.75, 3.05) is 0 Å². The molecule has 2 heteroatoms. The Hall–Kier alpha value is -0.660. The van der Waals surface area contributed by atoms with E-state index in [1.54, 1.807) is 6.92 Å². The van der Waals surface area contributed by atoms with Crippen LogP contribution in [-0.4, -0.2) is 11.6 Å². The average Bonchev–Trinajstić information content (AvgIpc) is 2.89. The molecule has 23 heavy (non-hydrogen) atoms. The maximum Gasteiger partial charge on any atom is 0.133 e. The Morgan fingerprint density at radius 3 is 2.74 bits per heavy atom. The van der Waals surface area contributed by atoms with Gasteiger partial charge < -0.3 is 0 Å². The van der Waals surface area contributed by atoms with E-state index in [9.17, 15) is 9.59 Å². The molecule has 4 fully saturated rings. The summed E-state index contributed by atoms with van der Waals surface area (Å²) in [7, 11) is 0. The fourth-order valence-corrected chi connectivity index (χ4v) is 6.28. The summed E-state index contributed by atoms with van der Waals surface area (Å²) in [5.41, 5.74) is -1.80. The molecular formula is C21H32O2. The number of hydrogen-bond donors (Lipinski definition) is 0. The van der Waals surface area contributed by atoms with Crippen molar-refractivity contribution in [3.05, 3.63) is 0 Å². The zero-order valence-electron chi connectivity index (χ0n) is 22.9. The second-order valence-corrected chi connectivity index (χ2v) is 8.46. The highest BCUT2D eigenvalue weighted by molar-refractivity contribution is 5.80. The molecule has 0 spiro atoms. The Morgan fingerprint density at radius 2 is 1.96 bits per heavy atom. The van der Waals surface area contributed by atoms with Crippen LogP contribution >= 0.6 is 0 Å². The molecule has 2 nitrogen and oxygen atoms in total. The molecule has 4 aliphatic carbocycles. The van der Waals surface area contributed by atoms with Crippen LogP contribution in [-0.2, 0) is 9.59 Å². The van der Waals surface area contributed by atoms with Gasteiger partial charge in [-0.2, -0.15) is 0 Å². The van der Waals surface area contributed by atoms with Crippen LogP contribution in [0.1, 0.15) is 90.7 Å². The molecule has 0 saturated heterocycles. The molecule has 8 atom stereocenters. The minimum absolute atomic E-state index is 0.0852. The summed E-state index contributed by atoms with van der Waals surface area (Å²) >= 11 is 0. The molecule has 0 aromatic rings. The minimum Gasteiger partial charge on any atom is -0.300 e. The summed E-state index contributed by atoms with van der Waals surface area (Å²) in [4.78, 5) is 25.4. The van der Waals surface area contributed by atoms with Crippen molar-refractivity contribution < 1.29 is 21.9 Å². The van der Waals surface area contributed by atoms with Crippen LogP contribution < -0.4 is 0 Å². The molecule has 0 N–H and O–H groups in total. The first-order valence-electron chi connectivity index (χ1n) is 13.4. The Bertz CT molecular complexity index is 855. The second kappa shape index (κ2) is 5.17. The highest BCUT2D eigenvalue weighted by Crippen LogP contribution is 2.67. The molecular weight excluding hydrogens is 284 g/mol. The number of carbonyl (C=O) groups is 2. The molecule has 0 amide bonds. The van der Waals surface area contributed by atoms with Crippen molar-refractivity contribution in [2.45, 2.75) is 78.4 Å². The van der Waals surface area contributed by atoms with Gasteiger partial charge in [0, 0.05) is 31.0 Å². The highest BCUT2D eigenvalue weighted by Gasteiger charge is 2.60. The first kappa shape index (κ1) is 8.63. The number of ketones is 2. The number of Topliss-reactive ketones (excluding diaryl/α,β-unsaturated/α-hetero) is 2. The Labute approximate surface area is 153 Å². The van der Waals surface area contributed by atoms with Crippen LogP contribution in [0.25, 0.3) is 0 Å². The summed E-state index contributed by atoms with van der Waals surface area (Å²) in [6, 6.07) is 0. The van der Waals surface area contributed by atoms with Crippen LogP contribution in [0.2, 0.25) is 0 Å². The summed E-state index contributed by atoms with van der Waals surface area (Å²) in [5, 5.41) is 0. The van der Waals surface area contributed by atoms with E-state index in [-0.39, 0.29) is 37.0 Å². The Morgan fingerprint density at radius 1 is 1.17 bits per heavy atom. The summed E-state index contributed by atoms with van der Waals surface area (Å²) in [6.45, 7) is 0.753. The fraction of sp³-hybridized carbons (Fsp3) is 0.905. The molecule has 4 saturated carbocycles. The average molecular weight is 326 g/mol. The monoisotopic (exact) mass is 325 g/mol. The normalized spacial score (nSPS) is 69.6. The lowest BCUT2D eigenvalue weighted by Gasteiger charge is -2.60. The van der Waals surface area contributed by atoms with Crippen LogP contribution in [0.4, 0.5) is 0 Å². The minimum atomic E-state index is -2.87. The molecule has 4 aliphatic rings. The third-order valence-electron chi connectivity index (χ3n) is 7.59. The Balaban J connectivity index is 1.77. The topological polar surface area (TPSA) is 34.1 Å². The van der Waals surface area contributed by atoms with Crippen molar-refractivity contribution in [3.63, 3.8) is 0 Å². The molecule has 0 bridgehead atoms. The molecule has 8 unspecified atom stereocenters. The lowest BCUT2D eigenvalue weighted by Crippen LogP contribution is -2.53. The lowest BCUT2D eigenvalue weighted by atomic mass is 9.44. The Kier molecular flexibility index (Phi) is 1.94. The largest absolute Gasteiger partial charge is 0.300 e. The number of fused-ring (bicyclic) bond motifs is 5. The highest BCUT2D eigenvalue weighted by atomic mass is 16.1. The first-order valence-corrected chi connectivity index (χ1v) is 8.84. The number of rotatable bonds is 1. The zero-order valence-corrected chi connectivity index (χ0v) is 13.9. The predicted octanol–water partition coefficient (Wildman–Crippen LogP) is 4.80. The standard InChI is InChI=1S/C21H32O2/c1-13(22)17-6-7-18-16-5-4-14-12-15(23)8-10-20(14,2)19(16)9-11-21(17,18)3/h14,16-19H,4-12H2,1-3H3/i1D3,4D2,8D2,12D,17D. The molecule has 0 radical (unpaired) electrons. The summed E-state index contributed by atoms with van der Waals surface area (Å²) < 4.78 is 74.4. The molecule has 0 aromatic carbocycles. The molecule has 128 valence electrons. The second-order valence-electron chi connectivity index (χ2n) is 8.46. The van der Waals surface area contributed by atoms with E-state index >= 15 is 0 Å². The van der Waals surface area contributed by atoms with Gasteiger partial charge in [-0.05, 0) is 86.3 Å². The van der Waals surface area contributed by atoms with Crippen LogP contribution in [0, 0.1) is 40.4 Å². The van der Waals surface area contributed by atoms with Gasteiger partial charge in [0.05, 0.1) is 0 Å². The van der Waals surface area contributed by atoms with Crippen molar-refractivity contribution in [1.82, 2.24) is 0 Å². The summed E-state index contributed by atoms with van der Waals surface area (Å²) in [6.07, 6.45) is -4.07. The van der Waals surface area contributed by atoms with E-state index in [0.717, 1.165) is 0 Å². The van der Waals surface area contributed by atoms with E-state index in [0.29, 0.717) is 19.3 Å². The van der Waals surface area contributed by atoms with Gasteiger partial charge in [0.15, 0.2) is 0 Å². The predicted molar refractivity (Wildman–Crippen MR) is 90.9 cm³/mol. The first-order chi connectivity index (χ1) is 14.3. The maximum atomic E-state index is 12.9. The van der Waals surface area contributed by atoms with Crippen molar-refractivity contribution in [1.29, 1.82) is 0 Å². The SMILES string of the molecule is [2H]C1C(=O)C([2H])([2H])CC2(C)C3CCC4(C)C(CCC4([2H])C(=O)C([2H])([2H])[2H])C3CC([2H])([2H])C12. The van der Waals surface area contributed by atoms with Gasteiger partial charge in [0.25, 0.3) is 0 Å². The maximum absolute atomic E-state index is 12.9. The van der Waals surface area contributed by atoms with E-state index in [1.165, 1.54) is 0 Å². The molecule has 4 rings (SSSR count). The van der Waals surface area contributed by atoms with Crippen LogP contribution in [0.5, 0.6) is 0 Å². The van der Waals surface area contributed by atoms with Gasteiger partial charge >= 0.3 is 0 Å². The van der Waals surface area contributed by atoms with E-state index in [2.05, 4.69) is 0 Å². The van der Waals surface area contributed by atoms with E-state index in [1.807, 2.05) is 6.92 Å². The summed E-state index contributed by atoms with van der Waals surface area (Å²) in [5.74, 6) is -5.19. The lowest BCUT2D eigenvalue weighted by molar-refractivity contribution is -0.143.